The van der Waals surface area contributed by atoms with Crippen LogP contribution < -0.4 is 5.32 Å². The summed E-state index contributed by atoms with van der Waals surface area (Å²) in [5, 5.41) is 16.3. The second kappa shape index (κ2) is 20.7. The van der Waals surface area contributed by atoms with Crippen LogP contribution >= 0.6 is 7.82 Å². The minimum atomic E-state index is -4.15. The summed E-state index contributed by atoms with van der Waals surface area (Å²) >= 11 is 0. The van der Waals surface area contributed by atoms with Gasteiger partial charge in [-0.3, -0.25) is 13.8 Å². The Kier molecular flexibility index (Phi) is 25.6. The van der Waals surface area contributed by atoms with E-state index in [0.717, 1.165) is 7.11 Å². The molecule has 2 unspecified atom stereocenters. The molecule has 0 spiro atoms. The zero-order valence-electron chi connectivity index (χ0n) is 19.5. The zero-order chi connectivity index (χ0) is 23.4. The summed E-state index contributed by atoms with van der Waals surface area (Å²) < 4.78 is 20.2. The predicted octanol–water partition coefficient (Wildman–Crippen LogP) is 3.74. The average Bonchev–Trinajstić information content (AvgIpc) is 2.70. The van der Waals surface area contributed by atoms with Crippen LogP contribution in [0.3, 0.4) is 0 Å². The van der Waals surface area contributed by atoms with Crippen molar-refractivity contribution in [1.82, 2.24) is 5.32 Å². The number of carbonyl (C=O) groups excluding carboxylic acids is 1. The van der Waals surface area contributed by atoms with E-state index in [9.17, 15) is 14.5 Å². The zero-order valence-corrected chi connectivity index (χ0v) is 20.4. The molecule has 0 aliphatic carbocycles. The number of amides is 1. The summed E-state index contributed by atoms with van der Waals surface area (Å²) in [5.74, 6) is -0.607. The number of hydrogen-bond acceptors (Lipinski definition) is 7. The molecule has 0 heterocycles. The largest absolute Gasteiger partial charge is 0.471 e. The van der Waals surface area contributed by atoms with Crippen LogP contribution in [-0.2, 0) is 23.2 Å². The Hall–Kier alpha value is -0.990. The van der Waals surface area contributed by atoms with Crippen LogP contribution in [0.1, 0.15) is 68.7 Å². The molecule has 3 N–H and O–H groups in total. The number of phosphoric ester groups is 1. The number of aliphatic hydroxyl groups excluding tert-OH is 1. The standard InChI is InChI=1S/C12H25N2O7P.3C2H6/c1-9(14-19-4)6-7-13-11(16)10(15)12(2,3)8-21-22(17,18)20-5;3*1-2/h10,15H,6-8H2,1-5H3,(H,13,16)(H,17,18);3*1-2H3/b14-9+;;;. The summed E-state index contributed by atoms with van der Waals surface area (Å²) in [4.78, 5) is 25.6. The highest BCUT2D eigenvalue weighted by molar-refractivity contribution is 7.47. The average molecular weight is 431 g/mol. The third-order valence-corrected chi connectivity index (χ3v) is 3.77. The predicted molar refractivity (Wildman–Crippen MR) is 114 cm³/mol. The lowest BCUT2D eigenvalue weighted by Crippen LogP contribution is -2.46. The molecular formula is C18H43N2O7P. The Bertz CT molecular complexity index is 444. The van der Waals surface area contributed by atoms with E-state index in [4.69, 9.17) is 9.42 Å². The molecule has 0 aromatic carbocycles. The van der Waals surface area contributed by atoms with E-state index in [1.165, 1.54) is 21.0 Å². The molecule has 0 aromatic rings. The normalized spacial score (nSPS) is 13.8. The van der Waals surface area contributed by atoms with E-state index in [0.29, 0.717) is 12.1 Å². The van der Waals surface area contributed by atoms with E-state index in [2.05, 4.69) is 19.8 Å². The molecule has 0 radical (unpaired) electrons. The molecule has 2 atom stereocenters. The van der Waals surface area contributed by atoms with Crippen molar-refractivity contribution in [3.8, 4) is 0 Å². The van der Waals surface area contributed by atoms with Crippen LogP contribution in [-0.4, -0.2) is 55.1 Å². The van der Waals surface area contributed by atoms with Gasteiger partial charge < -0.3 is 20.2 Å². The topological polar surface area (TPSA) is 127 Å². The van der Waals surface area contributed by atoms with Gasteiger partial charge in [-0.15, -0.1) is 0 Å². The number of aliphatic hydroxyl groups is 1. The van der Waals surface area contributed by atoms with Crippen molar-refractivity contribution >= 4 is 19.4 Å². The molecule has 0 bridgehead atoms. The van der Waals surface area contributed by atoms with Crippen molar-refractivity contribution < 1.29 is 33.2 Å². The SMILES string of the molecule is CC.CC.CC.CO/N=C(\C)CCNC(=O)C(O)C(C)(C)COP(=O)(O)OC. The van der Waals surface area contributed by atoms with Gasteiger partial charge in [-0.1, -0.05) is 60.5 Å². The summed E-state index contributed by atoms with van der Waals surface area (Å²) in [7, 11) is -1.70. The fourth-order valence-corrected chi connectivity index (χ4v) is 2.00. The summed E-state index contributed by atoms with van der Waals surface area (Å²) in [6, 6.07) is 0. The first-order valence-electron chi connectivity index (χ1n) is 9.61. The summed E-state index contributed by atoms with van der Waals surface area (Å²) in [5.41, 5.74) is -0.377. The van der Waals surface area contributed by atoms with Crippen molar-refractivity contribution in [1.29, 1.82) is 0 Å². The van der Waals surface area contributed by atoms with Gasteiger partial charge in [0.15, 0.2) is 0 Å². The number of nitrogens with zero attached hydrogens (tertiary/aromatic N) is 1. The summed E-state index contributed by atoms with van der Waals surface area (Å²) in [6.45, 7) is 16.8. The van der Waals surface area contributed by atoms with Gasteiger partial charge in [0.1, 0.15) is 13.2 Å². The Labute approximate surface area is 171 Å². The first-order valence-corrected chi connectivity index (χ1v) is 11.1. The Morgan fingerprint density at radius 2 is 1.61 bits per heavy atom. The number of phosphoric acid groups is 1. The van der Waals surface area contributed by atoms with Gasteiger partial charge >= 0.3 is 7.82 Å². The molecule has 0 fully saturated rings. The van der Waals surface area contributed by atoms with E-state index >= 15 is 0 Å². The van der Waals surface area contributed by atoms with Crippen molar-refractivity contribution in [3.05, 3.63) is 0 Å². The van der Waals surface area contributed by atoms with Gasteiger partial charge in [0.05, 0.1) is 12.3 Å². The fourth-order valence-electron chi connectivity index (χ4n) is 1.40. The maximum Gasteiger partial charge on any atom is 0.471 e. The highest BCUT2D eigenvalue weighted by Crippen LogP contribution is 2.43. The first kappa shape index (κ1) is 34.5. The van der Waals surface area contributed by atoms with Gasteiger partial charge in [-0.25, -0.2) is 4.57 Å². The minimum Gasteiger partial charge on any atom is -0.399 e. The molecule has 1 amide bonds. The smallest absolute Gasteiger partial charge is 0.399 e. The van der Waals surface area contributed by atoms with Gasteiger partial charge in [0.25, 0.3) is 0 Å². The molecule has 9 nitrogen and oxygen atoms in total. The highest BCUT2D eigenvalue weighted by atomic mass is 31.2. The number of rotatable bonds is 10. The second-order valence-electron chi connectivity index (χ2n) is 5.37. The molecule has 0 aliphatic rings. The van der Waals surface area contributed by atoms with Gasteiger partial charge in [0.2, 0.25) is 5.91 Å². The molecule has 0 aromatic heterocycles. The second-order valence-corrected chi connectivity index (χ2v) is 6.93. The van der Waals surface area contributed by atoms with Crippen LogP contribution in [0.5, 0.6) is 0 Å². The molecule has 28 heavy (non-hydrogen) atoms. The fraction of sp³-hybridized carbons (Fsp3) is 0.889. The lowest BCUT2D eigenvalue weighted by Gasteiger charge is -2.29. The molecular weight excluding hydrogens is 387 g/mol. The van der Waals surface area contributed by atoms with Crippen molar-refractivity contribution in [2.24, 2.45) is 10.6 Å². The van der Waals surface area contributed by atoms with E-state index in [-0.39, 0.29) is 13.2 Å². The maximum absolute atomic E-state index is 11.9. The Balaban J connectivity index is -0.000000434. The summed E-state index contributed by atoms with van der Waals surface area (Å²) in [6.07, 6.45) is -0.942. The minimum absolute atomic E-state index is 0.280. The molecule has 172 valence electrons. The van der Waals surface area contributed by atoms with Gasteiger partial charge in [-0.05, 0) is 6.92 Å². The van der Waals surface area contributed by atoms with Crippen molar-refractivity contribution in [2.75, 3.05) is 27.4 Å². The molecule has 0 saturated heterocycles. The molecule has 0 saturated carbocycles. The third-order valence-electron chi connectivity index (χ3n) is 2.85. The van der Waals surface area contributed by atoms with Crippen LogP contribution in [0, 0.1) is 5.41 Å². The first-order chi connectivity index (χ1) is 13.1. The van der Waals surface area contributed by atoms with Gasteiger partial charge in [-0.2, -0.15) is 0 Å². The monoisotopic (exact) mass is 430 g/mol. The lowest BCUT2D eigenvalue weighted by atomic mass is 9.87. The Morgan fingerprint density at radius 1 is 1.14 bits per heavy atom. The van der Waals surface area contributed by atoms with E-state index in [1.54, 1.807) is 6.92 Å². The number of oxime groups is 1. The van der Waals surface area contributed by atoms with Crippen LogP contribution in [0.25, 0.3) is 0 Å². The van der Waals surface area contributed by atoms with Crippen molar-refractivity contribution in [2.45, 2.75) is 74.8 Å². The van der Waals surface area contributed by atoms with E-state index in [1.807, 2.05) is 41.5 Å². The molecule has 0 rings (SSSR count). The maximum atomic E-state index is 11.9. The third kappa shape index (κ3) is 18.4. The van der Waals surface area contributed by atoms with Crippen molar-refractivity contribution in [3.63, 3.8) is 0 Å². The van der Waals surface area contributed by atoms with E-state index < -0.39 is 25.2 Å². The van der Waals surface area contributed by atoms with Crippen LogP contribution in [0.15, 0.2) is 5.16 Å². The number of hydrogen-bond donors (Lipinski definition) is 3. The van der Waals surface area contributed by atoms with Gasteiger partial charge in [0, 0.05) is 25.5 Å². The molecule has 10 heteroatoms. The molecule has 0 aliphatic heterocycles. The van der Waals surface area contributed by atoms with Crippen LogP contribution in [0.4, 0.5) is 0 Å². The number of carbonyl (C=O) groups is 1. The van der Waals surface area contributed by atoms with Crippen LogP contribution in [0.2, 0.25) is 0 Å². The quantitative estimate of drug-likeness (QED) is 0.274. The highest BCUT2D eigenvalue weighted by Gasteiger charge is 2.36. The lowest BCUT2D eigenvalue weighted by molar-refractivity contribution is -0.136. The number of nitrogens with one attached hydrogen (secondary N) is 1. The Morgan fingerprint density at radius 3 is 2.00 bits per heavy atom.